The molecule has 2 atom stereocenters. The number of nitrogens with zero attached hydrogens (tertiary/aromatic N) is 1. The van der Waals surface area contributed by atoms with E-state index in [-0.39, 0.29) is 6.17 Å². The molecule has 10 rings (SSSR count). The first-order valence-electron chi connectivity index (χ1n) is 17.7. The van der Waals surface area contributed by atoms with E-state index < -0.39 is 0 Å². The molecular weight excluding hydrogens is 605 g/mol. The lowest BCUT2D eigenvalue weighted by molar-refractivity contribution is 0.620. The van der Waals surface area contributed by atoms with Crippen molar-refractivity contribution < 1.29 is 0 Å². The highest BCUT2D eigenvalue weighted by molar-refractivity contribution is 6.11. The van der Waals surface area contributed by atoms with Crippen LogP contribution in [0.3, 0.4) is 0 Å². The van der Waals surface area contributed by atoms with Gasteiger partial charge in [0, 0.05) is 5.69 Å². The van der Waals surface area contributed by atoms with Gasteiger partial charge in [0.05, 0.1) is 11.4 Å². The monoisotopic (exact) mass is 640 g/mol. The van der Waals surface area contributed by atoms with Crippen molar-refractivity contribution in [2.24, 2.45) is 5.92 Å². The van der Waals surface area contributed by atoms with E-state index in [0.717, 1.165) is 6.42 Å². The molecule has 2 nitrogen and oxygen atoms in total. The Labute approximate surface area is 293 Å². The van der Waals surface area contributed by atoms with E-state index in [1.807, 2.05) is 0 Å². The van der Waals surface area contributed by atoms with Crippen LogP contribution in [0.15, 0.2) is 169 Å². The minimum Gasteiger partial charge on any atom is -0.360 e. The molecule has 0 aromatic heterocycles. The van der Waals surface area contributed by atoms with E-state index >= 15 is 0 Å². The van der Waals surface area contributed by atoms with E-state index in [0.29, 0.717) is 5.92 Å². The third-order valence-electron chi connectivity index (χ3n) is 10.9. The molecule has 0 bridgehead atoms. The lowest BCUT2D eigenvalue weighted by Crippen LogP contribution is -2.37. The van der Waals surface area contributed by atoms with Gasteiger partial charge < -0.3 is 10.2 Å². The highest BCUT2D eigenvalue weighted by atomic mass is 15.3. The first-order chi connectivity index (χ1) is 24.7. The van der Waals surface area contributed by atoms with Gasteiger partial charge in [0.25, 0.3) is 0 Å². The highest BCUT2D eigenvalue weighted by Gasteiger charge is 2.37. The second kappa shape index (κ2) is 11.5. The van der Waals surface area contributed by atoms with Crippen molar-refractivity contribution >= 4 is 55.5 Å². The van der Waals surface area contributed by atoms with Gasteiger partial charge in [0.15, 0.2) is 0 Å². The molecule has 0 fully saturated rings. The average Bonchev–Trinajstić information content (AvgIpc) is 3.56. The topological polar surface area (TPSA) is 15.3 Å². The predicted octanol–water partition coefficient (Wildman–Crippen LogP) is 12.6. The molecule has 0 amide bonds. The Hall–Kier alpha value is -6.12. The molecule has 2 aliphatic rings. The zero-order valence-corrected chi connectivity index (χ0v) is 28.0. The summed E-state index contributed by atoms with van der Waals surface area (Å²) in [4.78, 5) is 2.49. The minimum atomic E-state index is -0.00186. The van der Waals surface area contributed by atoms with Gasteiger partial charge in [-0.2, -0.15) is 0 Å². The number of rotatable bonds is 4. The summed E-state index contributed by atoms with van der Waals surface area (Å²) >= 11 is 0. The third kappa shape index (κ3) is 4.56. The van der Waals surface area contributed by atoms with Crippen LogP contribution < -0.4 is 10.2 Å². The molecule has 0 saturated heterocycles. The van der Waals surface area contributed by atoms with Crippen LogP contribution in [0.4, 0.5) is 17.1 Å². The second-order valence-corrected chi connectivity index (χ2v) is 13.8. The minimum absolute atomic E-state index is 0.00186. The molecule has 1 heterocycles. The van der Waals surface area contributed by atoms with Crippen molar-refractivity contribution in [3.63, 3.8) is 0 Å². The second-order valence-electron chi connectivity index (χ2n) is 13.8. The van der Waals surface area contributed by atoms with Crippen LogP contribution in [0.1, 0.15) is 18.1 Å². The van der Waals surface area contributed by atoms with Crippen LogP contribution >= 0.6 is 0 Å². The van der Waals surface area contributed by atoms with Gasteiger partial charge in [-0.15, -0.1) is 0 Å². The van der Waals surface area contributed by atoms with Crippen LogP contribution in [-0.2, 0) is 6.42 Å². The Kier molecular flexibility index (Phi) is 6.63. The fourth-order valence-corrected chi connectivity index (χ4v) is 8.56. The normalized spacial score (nSPS) is 16.7. The van der Waals surface area contributed by atoms with Crippen LogP contribution in [0, 0.1) is 5.92 Å². The van der Waals surface area contributed by atoms with E-state index in [1.54, 1.807) is 0 Å². The number of benzene rings is 8. The number of anilines is 3. The van der Waals surface area contributed by atoms with E-state index in [9.17, 15) is 0 Å². The summed E-state index contributed by atoms with van der Waals surface area (Å²) in [5, 5.41) is 11.6. The molecule has 1 aliphatic heterocycles. The summed E-state index contributed by atoms with van der Waals surface area (Å²) in [5.74, 6) is 0.311. The van der Waals surface area contributed by atoms with Crippen LogP contribution in [-0.4, -0.2) is 6.17 Å². The molecule has 1 N–H and O–H groups in total. The quantitative estimate of drug-likeness (QED) is 0.206. The molecular formula is C48H36N2. The van der Waals surface area contributed by atoms with Crippen LogP contribution in [0.5, 0.6) is 0 Å². The molecule has 0 radical (unpaired) electrons. The van der Waals surface area contributed by atoms with Crippen molar-refractivity contribution in [3.05, 3.63) is 180 Å². The van der Waals surface area contributed by atoms with Crippen molar-refractivity contribution in [3.8, 4) is 22.3 Å². The van der Waals surface area contributed by atoms with Gasteiger partial charge in [-0.3, -0.25) is 0 Å². The number of para-hydroxylation sites is 3. The third-order valence-corrected chi connectivity index (χ3v) is 10.9. The Balaban J connectivity index is 1.27. The van der Waals surface area contributed by atoms with Crippen LogP contribution in [0.25, 0.3) is 60.6 Å². The SMILES string of the molecule is CC1Cc2c(c(-c3ccc4ccccc4c3)c3ccccc3c2-c2ccc3ccccc3c2)C=C1C1Nc2ccccc2N1c1ccccc1. The summed E-state index contributed by atoms with van der Waals surface area (Å²) in [7, 11) is 0. The number of fused-ring (bicyclic) bond motifs is 5. The first-order valence-corrected chi connectivity index (χ1v) is 17.7. The highest BCUT2D eigenvalue weighted by Crippen LogP contribution is 2.50. The van der Waals surface area contributed by atoms with Gasteiger partial charge in [0.2, 0.25) is 0 Å². The summed E-state index contributed by atoms with van der Waals surface area (Å²) in [6.07, 6.45) is 3.49. The standard InChI is InChI=1S/C48H36N2/c1-31-27-42-43(30-41(31)48-49-44-21-11-12-22-45(44)50(48)38-17-3-2-4-18-38)47(37-26-24-33-14-6-8-16-35(33)29-37)40-20-10-9-19-39(40)46(42)36-25-23-32-13-5-7-15-34(32)28-36/h2-26,28-31,48-49H,27H2,1H3. The molecule has 1 aliphatic carbocycles. The largest absolute Gasteiger partial charge is 0.360 e. The lowest BCUT2D eigenvalue weighted by Gasteiger charge is -2.36. The van der Waals surface area contributed by atoms with Crippen molar-refractivity contribution in [1.82, 2.24) is 0 Å². The molecule has 8 aromatic carbocycles. The van der Waals surface area contributed by atoms with E-state index in [2.05, 4.69) is 187 Å². The Morgan fingerprint density at radius 1 is 0.540 bits per heavy atom. The molecule has 50 heavy (non-hydrogen) atoms. The number of nitrogens with one attached hydrogen (secondary N) is 1. The molecule has 2 unspecified atom stereocenters. The summed E-state index contributed by atoms with van der Waals surface area (Å²) < 4.78 is 0. The smallest absolute Gasteiger partial charge is 0.127 e. The van der Waals surface area contributed by atoms with Crippen molar-refractivity contribution in [1.29, 1.82) is 0 Å². The Morgan fingerprint density at radius 3 is 1.80 bits per heavy atom. The predicted molar refractivity (Wildman–Crippen MR) is 213 cm³/mol. The van der Waals surface area contributed by atoms with Gasteiger partial charge in [-0.05, 0) is 120 Å². The van der Waals surface area contributed by atoms with Gasteiger partial charge in [-0.1, -0.05) is 140 Å². The Morgan fingerprint density at radius 2 is 1.10 bits per heavy atom. The van der Waals surface area contributed by atoms with Gasteiger partial charge in [0.1, 0.15) is 6.17 Å². The Bertz CT molecular complexity index is 2630. The summed E-state index contributed by atoms with van der Waals surface area (Å²) in [5.41, 5.74) is 13.0. The molecule has 238 valence electrons. The molecule has 0 saturated carbocycles. The first kappa shape index (κ1) is 28.9. The average molecular weight is 641 g/mol. The summed E-state index contributed by atoms with van der Waals surface area (Å²) in [6.45, 7) is 2.41. The van der Waals surface area contributed by atoms with Crippen LogP contribution in [0.2, 0.25) is 0 Å². The fourth-order valence-electron chi connectivity index (χ4n) is 8.56. The van der Waals surface area contributed by atoms with Crippen molar-refractivity contribution in [2.45, 2.75) is 19.5 Å². The van der Waals surface area contributed by atoms with Gasteiger partial charge >= 0.3 is 0 Å². The maximum Gasteiger partial charge on any atom is 0.127 e. The van der Waals surface area contributed by atoms with E-state index in [1.165, 1.54) is 88.3 Å². The maximum atomic E-state index is 3.96. The molecule has 8 aromatic rings. The lowest BCUT2D eigenvalue weighted by atomic mass is 9.74. The maximum absolute atomic E-state index is 3.96. The zero-order valence-electron chi connectivity index (χ0n) is 28.0. The zero-order chi connectivity index (χ0) is 33.2. The summed E-state index contributed by atoms with van der Waals surface area (Å²) in [6, 6.07) is 60.0. The molecule has 0 spiro atoms. The van der Waals surface area contributed by atoms with Gasteiger partial charge in [-0.25, -0.2) is 0 Å². The number of hydrogen-bond donors (Lipinski definition) is 1. The van der Waals surface area contributed by atoms with E-state index in [4.69, 9.17) is 0 Å². The van der Waals surface area contributed by atoms with Crippen molar-refractivity contribution in [2.75, 3.05) is 10.2 Å². The molecule has 2 heteroatoms. The fraction of sp³-hybridized carbons (Fsp3) is 0.0833. The number of hydrogen-bond acceptors (Lipinski definition) is 2.